The second-order valence-electron chi connectivity index (χ2n) is 7.20. The molecule has 0 bridgehead atoms. The Balaban J connectivity index is 1.69. The van der Waals surface area contributed by atoms with E-state index >= 15 is 0 Å². The normalized spacial score (nSPS) is 15.6. The second-order valence-corrected chi connectivity index (χ2v) is 7.64. The molecule has 3 N–H and O–H groups in total. The van der Waals surface area contributed by atoms with E-state index in [2.05, 4.69) is 15.5 Å². The highest BCUT2D eigenvalue weighted by Gasteiger charge is 2.27. The Labute approximate surface area is 177 Å². The quantitative estimate of drug-likeness (QED) is 0.595. The summed E-state index contributed by atoms with van der Waals surface area (Å²) in [5.41, 5.74) is 4.28. The lowest BCUT2D eigenvalue weighted by molar-refractivity contribution is 0.429. The molecule has 0 fully saturated rings. The van der Waals surface area contributed by atoms with Gasteiger partial charge in [-0.3, -0.25) is 9.78 Å². The number of benzene rings is 2. The summed E-state index contributed by atoms with van der Waals surface area (Å²) in [6.07, 6.45) is 0.381. The predicted octanol–water partition coefficient (Wildman–Crippen LogP) is 2.39. The van der Waals surface area contributed by atoms with E-state index in [1.54, 1.807) is 18.2 Å². The standard InChI is InChI=1S/C21H20ClN5O3/c1-26(2)14-8-6-12(7-9-14)16-11-17(25-24-16)18-19(28)23-21(30)27(20(18)29)15-5-3-4-13(22)10-15/h3-10,16,24,29H,11H2,1-2H3,(H,23,28,30). The van der Waals surface area contributed by atoms with Crippen molar-refractivity contribution in [2.75, 3.05) is 19.0 Å². The molecule has 2 heterocycles. The van der Waals surface area contributed by atoms with E-state index in [9.17, 15) is 14.7 Å². The fraction of sp³-hybridized carbons (Fsp3) is 0.190. The molecule has 1 aromatic heterocycles. The third-order valence-corrected chi connectivity index (χ3v) is 5.24. The van der Waals surface area contributed by atoms with E-state index in [-0.39, 0.29) is 11.6 Å². The number of hydrazone groups is 1. The molecule has 1 aliphatic rings. The minimum atomic E-state index is -0.758. The minimum Gasteiger partial charge on any atom is -0.493 e. The molecule has 2 aromatic carbocycles. The Morgan fingerprint density at radius 3 is 2.57 bits per heavy atom. The molecule has 4 rings (SSSR count). The number of aromatic nitrogens is 2. The molecule has 8 nitrogen and oxygen atoms in total. The maximum atomic E-state index is 12.5. The van der Waals surface area contributed by atoms with Crippen molar-refractivity contribution < 1.29 is 5.11 Å². The molecule has 1 atom stereocenters. The lowest BCUT2D eigenvalue weighted by atomic mass is 9.99. The minimum absolute atomic E-state index is 0.0468. The van der Waals surface area contributed by atoms with Crippen LogP contribution in [0.25, 0.3) is 5.69 Å². The Bertz CT molecular complexity index is 1240. The monoisotopic (exact) mass is 425 g/mol. The van der Waals surface area contributed by atoms with Crippen molar-refractivity contribution in [3.8, 4) is 11.6 Å². The molecule has 154 valence electrons. The van der Waals surface area contributed by atoms with E-state index in [0.29, 0.717) is 22.8 Å². The number of hydrogen-bond donors (Lipinski definition) is 3. The van der Waals surface area contributed by atoms with Gasteiger partial charge in [-0.15, -0.1) is 0 Å². The first-order chi connectivity index (χ1) is 14.3. The average molecular weight is 426 g/mol. The maximum absolute atomic E-state index is 12.5. The van der Waals surface area contributed by atoms with Crippen molar-refractivity contribution in [1.82, 2.24) is 15.0 Å². The summed E-state index contributed by atoms with van der Waals surface area (Å²) in [6.45, 7) is 0. The van der Waals surface area contributed by atoms with E-state index in [0.717, 1.165) is 15.8 Å². The molecular formula is C21H20ClN5O3. The fourth-order valence-electron chi connectivity index (χ4n) is 3.44. The van der Waals surface area contributed by atoms with Crippen molar-refractivity contribution in [3.05, 3.63) is 85.5 Å². The van der Waals surface area contributed by atoms with Gasteiger partial charge in [-0.05, 0) is 35.9 Å². The first-order valence-electron chi connectivity index (χ1n) is 9.29. The van der Waals surface area contributed by atoms with Crippen LogP contribution in [0.3, 0.4) is 0 Å². The van der Waals surface area contributed by atoms with Crippen LogP contribution in [-0.4, -0.2) is 34.5 Å². The number of nitrogens with zero attached hydrogens (tertiary/aromatic N) is 3. The summed E-state index contributed by atoms with van der Waals surface area (Å²) in [7, 11) is 3.93. The second kappa shape index (κ2) is 7.72. The van der Waals surface area contributed by atoms with Crippen molar-refractivity contribution >= 4 is 23.0 Å². The molecule has 0 aliphatic carbocycles. The van der Waals surface area contributed by atoms with Crippen molar-refractivity contribution in [3.63, 3.8) is 0 Å². The van der Waals surface area contributed by atoms with E-state index in [4.69, 9.17) is 11.6 Å². The van der Waals surface area contributed by atoms with Crippen LogP contribution >= 0.6 is 11.6 Å². The average Bonchev–Trinajstić information content (AvgIpc) is 3.17. The third kappa shape index (κ3) is 3.57. The van der Waals surface area contributed by atoms with Gasteiger partial charge in [0, 0.05) is 31.2 Å². The zero-order valence-electron chi connectivity index (χ0n) is 16.4. The number of aromatic hydroxyl groups is 1. The molecule has 3 aromatic rings. The fourth-order valence-corrected chi connectivity index (χ4v) is 3.62. The van der Waals surface area contributed by atoms with Crippen LogP contribution in [0.1, 0.15) is 23.6 Å². The van der Waals surface area contributed by atoms with Gasteiger partial charge in [0.15, 0.2) is 0 Å². The van der Waals surface area contributed by atoms with Crippen LogP contribution in [0, 0.1) is 0 Å². The summed E-state index contributed by atoms with van der Waals surface area (Å²) in [5.74, 6) is -0.477. The zero-order chi connectivity index (χ0) is 21.4. The molecule has 1 aliphatic heterocycles. The smallest absolute Gasteiger partial charge is 0.335 e. The number of halogens is 1. The van der Waals surface area contributed by atoms with Crippen LogP contribution in [0.5, 0.6) is 5.88 Å². The van der Waals surface area contributed by atoms with Gasteiger partial charge in [0.1, 0.15) is 5.56 Å². The van der Waals surface area contributed by atoms with Gasteiger partial charge < -0.3 is 15.4 Å². The van der Waals surface area contributed by atoms with Gasteiger partial charge in [0.05, 0.1) is 17.4 Å². The number of aromatic amines is 1. The van der Waals surface area contributed by atoms with Crippen LogP contribution < -0.4 is 21.6 Å². The maximum Gasteiger partial charge on any atom is 0.335 e. The molecule has 1 unspecified atom stereocenters. The largest absolute Gasteiger partial charge is 0.493 e. The topological polar surface area (TPSA) is 103 Å². The SMILES string of the molecule is CN(C)c1ccc(C2CC(c3c(O)n(-c4cccc(Cl)c4)c(=O)[nH]c3=O)=NN2)cc1. The molecule has 0 spiro atoms. The highest BCUT2D eigenvalue weighted by Crippen LogP contribution is 2.28. The number of nitrogens with one attached hydrogen (secondary N) is 2. The summed E-state index contributed by atoms with van der Waals surface area (Å²) < 4.78 is 1.00. The number of anilines is 1. The summed E-state index contributed by atoms with van der Waals surface area (Å²) >= 11 is 6.01. The third-order valence-electron chi connectivity index (χ3n) is 5.01. The zero-order valence-corrected chi connectivity index (χ0v) is 17.1. The first-order valence-corrected chi connectivity index (χ1v) is 9.67. The Morgan fingerprint density at radius 2 is 1.90 bits per heavy atom. The molecular weight excluding hydrogens is 406 g/mol. The van der Waals surface area contributed by atoms with Crippen molar-refractivity contribution in [1.29, 1.82) is 0 Å². The van der Waals surface area contributed by atoms with Gasteiger partial charge >= 0.3 is 5.69 Å². The molecule has 0 radical (unpaired) electrons. The van der Waals surface area contributed by atoms with Crippen molar-refractivity contribution in [2.45, 2.75) is 12.5 Å². The number of rotatable bonds is 4. The van der Waals surface area contributed by atoms with Gasteiger partial charge in [-0.1, -0.05) is 29.8 Å². The van der Waals surface area contributed by atoms with E-state index < -0.39 is 17.1 Å². The highest BCUT2D eigenvalue weighted by atomic mass is 35.5. The van der Waals surface area contributed by atoms with Gasteiger partial charge in [0.2, 0.25) is 5.88 Å². The van der Waals surface area contributed by atoms with Crippen LogP contribution in [0.15, 0.2) is 63.2 Å². The highest BCUT2D eigenvalue weighted by molar-refractivity contribution is 6.30. The molecule has 9 heteroatoms. The van der Waals surface area contributed by atoms with Crippen LogP contribution in [0.4, 0.5) is 5.69 Å². The Hall–Kier alpha value is -3.52. The molecule has 0 saturated heterocycles. The number of H-pyrrole nitrogens is 1. The summed E-state index contributed by atoms with van der Waals surface area (Å²) in [5, 5.41) is 15.5. The Morgan fingerprint density at radius 1 is 1.17 bits per heavy atom. The van der Waals surface area contributed by atoms with Crippen LogP contribution in [0.2, 0.25) is 5.02 Å². The first kappa shape index (κ1) is 19.8. The molecule has 30 heavy (non-hydrogen) atoms. The van der Waals surface area contributed by atoms with Gasteiger partial charge in [0.25, 0.3) is 5.56 Å². The van der Waals surface area contributed by atoms with Crippen LogP contribution in [-0.2, 0) is 0 Å². The van der Waals surface area contributed by atoms with Gasteiger partial charge in [-0.2, -0.15) is 5.10 Å². The number of hydrogen-bond acceptors (Lipinski definition) is 6. The molecule has 0 saturated carbocycles. The Kier molecular flexibility index (Phi) is 5.09. The van der Waals surface area contributed by atoms with E-state index in [1.165, 1.54) is 6.07 Å². The van der Waals surface area contributed by atoms with Gasteiger partial charge in [-0.25, -0.2) is 9.36 Å². The predicted molar refractivity (Wildman–Crippen MR) is 117 cm³/mol. The van der Waals surface area contributed by atoms with E-state index in [1.807, 2.05) is 43.3 Å². The lowest BCUT2D eigenvalue weighted by Gasteiger charge is -2.15. The lowest BCUT2D eigenvalue weighted by Crippen LogP contribution is -2.33. The molecule has 0 amide bonds. The summed E-state index contributed by atoms with van der Waals surface area (Å²) in [6, 6.07) is 14.3. The van der Waals surface area contributed by atoms with Crippen molar-refractivity contribution in [2.24, 2.45) is 5.10 Å². The summed E-state index contributed by atoms with van der Waals surface area (Å²) in [4.78, 5) is 29.1.